The van der Waals surface area contributed by atoms with E-state index < -0.39 is 17.7 Å². The lowest BCUT2D eigenvalue weighted by atomic mass is 9.94. The molecule has 5 rings (SSSR count). The number of amides is 1. The van der Waals surface area contributed by atoms with E-state index in [1.165, 1.54) is 30.5 Å². The molecule has 0 radical (unpaired) electrons. The number of aromatic nitrogens is 1. The molecule has 0 saturated carbocycles. The Hall–Kier alpha value is -4.57. The lowest BCUT2D eigenvalue weighted by Gasteiger charge is -2.25. The van der Waals surface area contributed by atoms with E-state index in [4.69, 9.17) is 18.9 Å². The zero-order valence-corrected chi connectivity index (χ0v) is 22.8. The fourth-order valence-electron chi connectivity index (χ4n) is 4.68. The minimum Gasteiger partial charge on any atom is -0.507 e. The Balaban J connectivity index is 1.77. The Morgan fingerprint density at radius 2 is 1.54 bits per heavy atom. The van der Waals surface area contributed by atoms with Crippen molar-refractivity contribution in [3.05, 3.63) is 76.9 Å². The number of aryl methyl sites for hydroxylation is 1. The number of thiazole rings is 1. The summed E-state index contributed by atoms with van der Waals surface area (Å²) in [5.74, 6) is 0.191. The molecule has 0 aliphatic carbocycles. The number of anilines is 1. The van der Waals surface area contributed by atoms with Gasteiger partial charge in [-0.05, 0) is 67.1 Å². The van der Waals surface area contributed by atoms with Crippen LogP contribution in [0.15, 0.2) is 60.2 Å². The maximum absolute atomic E-state index is 13.6. The van der Waals surface area contributed by atoms with Crippen LogP contribution in [0.5, 0.6) is 23.0 Å². The molecule has 9 nitrogen and oxygen atoms in total. The largest absolute Gasteiger partial charge is 0.507 e. The second kappa shape index (κ2) is 10.3. The van der Waals surface area contributed by atoms with Gasteiger partial charge in [-0.2, -0.15) is 0 Å². The van der Waals surface area contributed by atoms with Gasteiger partial charge in [0.05, 0.1) is 44.2 Å². The zero-order chi connectivity index (χ0) is 27.8. The normalized spacial score (nSPS) is 16.5. The van der Waals surface area contributed by atoms with E-state index in [0.29, 0.717) is 44.8 Å². The summed E-state index contributed by atoms with van der Waals surface area (Å²) in [4.78, 5) is 33.2. The smallest absolute Gasteiger partial charge is 0.301 e. The van der Waals surface area contributed by atoms with Crippen LogP contribution in [0, 0.1) is 6.92 Å². The van der Waals surface area contributed by atoms with Crippen molar-refractivity contribution in [3.63, 3.8) is 0 Å². The van der Waals surface area contributed by atoms with Crippen molar-refractivity contribution in [1.29, 1.82) is 0 Å². The molecule has 1 aliphatic rings. The number of fused-ring (bicyclic) bond motifs is 1. The van der Waals surface area contributed by atoms with E-state index in [-0.39, 0.29) is 11.3 Å². The third kappa shape index (κ3) is 4.42. The van der Waals surface area contributed by atoms with E-state index in [1.807, 2.05) is 13.0 Å². The SMILES string of the molecule is COc1ccc(OC)c(C2/C(=C(\O)c3ccc(OC)c(C)c3)C(=O)C(=O)N2c2nc3ccc(OC)cc3s2)c1. The van der Waals surface area contributed by atoms with Gasteiger partial charge in [0.15, 0.2) is 5.13 Å². The van der Waals surface area contributed by atoms with Gasteiger partial charge in [-0.15, -0.1) is 0 Å². The van der Waals surface area contributed by atoms with Gasteiger partial charge in [-0.3, -0.25) is 14.5 Å². The quantitative estimate of drug-likeness (QED) is 0.190. The maximum atomic E-state index is 13.6. The molecule has 1 atom stereocenters. The molecule has 0 bridgehead atoms. The molecule has 200 valence electrons. The summed E-state index contributed by atoms with van der Waals surface area (Å²) in [6.07, 6.45) is 0. The molecule has 10 heteroatoms. The molecule has 3 aromatic carbocycles. The Labute approximate surface area is 228 Å². The van der Waals surface area contributed by atoms with Crippen molar-refractivity contribution >= 4 is 44.1 Å². The number of ether oxygens (including phenoxy) is 4. The number of rotatable bonds is 7. The Morgan fingerprint density at radius 1 is 0.872 bits per heavy atom. The number of hydrogen-bond acceptors (Lipinski definition) is 9. The van der Waals surface area contributed by atoms with Gasteiger partial charge in [-0.25, -0.2) is 4.98 Å². The third-order valence-corrected chi connectivity index (χ3v) is 7.65. The van der Waals surface area contributed by atoms with E-state index >= 15 is 0 Å². The predicted molar refractivity (Wildman–Crippen MR) is 148 cm³/mol. The second-order valence-electron chi connectivity index (χ2n) is 8.79. The van der Waals surface area contributed by atoms with E-state index in [0.717, 1.165) is 10.3 Å². The number of ketones is 1. The van der Waals surface area contributed by atoms with Crippen LogP contribution in [0.3, 0.4) is 0 Å². The molecule has 4 aromatic rings. The molecule has 2 heterocycles. The number of aliphatic hydroxyl groups is 1. The molecule has 1 aliphatic heterocycles. The highest BCUT2D eigenvalue weighted by Crippen LogP contribution is 2.47. The number of Topliss-reactive ketones (excluding diaryl/α,β-unsaturated/α-hetero) is 1. The predicted octanol–water partition coefficient (Wildman–Crippen LogP) is 5.27. The summed E-state index contributed by atoms with van der Waals surface area (Å²) in [5.41, 5.74) is 2.13. The molecule has 1 aromatic heterocycles. The average Bonchev–Trinajstić information content (AvgIpc) is 3.49. The molecule has 1 saturated heterocycles. The lowest BCUT2D eigenvalue weighted by molar-refractivity contribution is -0.132. The first kappa shape index (κ1) is 26.1. The van der Waals surface area contributed by atoms with Crippen LogP contribution in [0.1, 0.15) is 22.7 Å². The van der Waals surface area contributed by atoms with Gasteiger partial charge in [0.25, 0.3) is 5.78 Å². The van der Waals surface area contributed by atoms with E-state index in [2.05, 4.69) is 4.98 Å². The van der Waals surface area contributed by atoms with Crippen molar-refractivity contribution in [2.45, 2.75) is 13.0 Å². The summed E-state index contributed by atoms with van der Waals surface area (Å²) >= 11 is 1.24. The molecule has 0 spiro atoms. The first-order valence-corrected chi connectivity index (χ1v) is 12.8. The van der Waals surface area contributed by atoms with Gasteiger partial charge in [0, 0.05) is 11.1 Å². The number of aliphatic hydroxyl groups excluding tert-OH is 1. The summed E-state index contributed by atoms with van der Waals surface area (Å²) in [7, 11) is 6.13. The number of hydrogen-bond donors (Lipinski definition) is 1. The Morgan fingerprint density at radius 3 is 2.21 bits per heavy atom. The van der Waals surface area contributed by atoms with E-state index in [1.54, 1.807) is 62.8 Å². The van der Waals surface area contributed by atoms with Crippen LogP contribution >= 0.6 is 11.3 Å². The van der Waals surface area contributed by atoms with Crippen LogP contribution in [-0.4, -0.2) is 50.2 Å². The molecular weight excluding hydrogens is 520 g/mol. The summed E-state index contributed by atoms with van der Waals surface area (Å²) < 4.78 is 22.5. The zero-order valence-electron chi connectivity index (χ0n) is 22.0. The van der Waals surface area contributed by atoms with Gasteiger partial charge in [0.2, 0.25) is 0 Å². The summed E-state index contributed by atoms with van der Waals surface area (Å²) in [6.45, 7) is 1.83. The van der Waals surface area contributed by atoms with Crippen LogP contribution in [0.2, 0.25) is 0 Å². The van der Waals surface area contributed by atoms with Crippen molar-refractivity contribution in [2.75, 3.05) is 33.3 Å². The molecule has 1 N–H and O–H groups in total. The number of nitrogens with zero attached hydrogens (tertiary/aromatic N) is 2. The van der Waals surface area contributed by atoms with Gasteiger partial charge >= 0.3 is 5.91 Å². The number of methoxy groups -OCH3 is 4. The fourth-order valence-corrected chi connectivity index (χ4v) is 5.70. The standard InChI is InChI=1S/C29H26N2O7S/c1-15-12-16(6-10-21(15)37-4)26(32)24-25(19-13-17(35-2)8-11-22(19)38-5)31(28(34)27(24)33)29-30-20-9-7-18(36-3)14-23(20)39-29/h6-14,25,32H,1-5H3/b26-24+. The highest BCUT2D eigenvalue weighted by atomic mass is 32.1. The van der Waals surface area contributed by atoms with Crippen LogP contribution in [-0.2, 0) is 9.59 Å². The topological polar surface area (TPSA) is 107 Å². The molecular formula is C29H26N2O7S. The van der Waals surface area contributed by atoms with Gasteiger partial charge in [-0.1, -0.05) is 11.3 Å². The Kier molecular flexibility index (Phi) is 6.88. The minimum atomic E-state index is -1.04. The summed E-state index contributed by atoms with van der Waals surface area (Å²) in [5, 5.41) is 11.8. The first-order chi connectivity index (χ1) is 18.8. The van der Waals surface area contributed by atoms with Crippen LogP contribution in [0.25, 0.3) is 16.0 Å². The van der Waals surface area contributed by atoms with Crippen molar-refractivity contribution in [1.82, 2.24) is 4.98 Å². The van der Waals surface area contributed by atoms with E-state index in [9.17, 15) is 14.7 Å². The van der Waals surface area contributed by atoms with Crippen molar-refractivity contribution in [3.8, 4) is 23.0 Å². The Bertz CT molecular complexity index is 1640. The van der Waals surface area contributed by atoms with Crippen LogP contribution in [0.4, 0.5) is 5.13 Å². The monoisotopic (exact) mass is 546 g/mol. The molecule has 1 amide bonds. The highest BCUT2D eigenvalue weighted by molar-refractivity contribution is 7.22. The fraction of sp³-hybridized carbons (Fsp3) is 0.207. The highest BCUT2D eigenvalue weighted by Gasteiger charge is 2.49. The first-order valence-electron chi connectivity index (χ1n) is 11.9. The lowest BCUT2D eigenvalue weighted by Crippen LogP contribution is -2.29. The van der Waals surface area contributed by atoms with Gasteiger partial charge < -0.3 is 24.1 Å². The van der Waals surface area contributed by atoms with Crippen LogP contribution < -0.4 is 23.8 Å². The average molecular weight is 547 g/mol. The van der Waals surface area contributed by atoms with Crippen molar-refractivity contribution in [2.24, 2.45) is 0 Å². The molecule has 1 fully saturated rings. The molecule has 39 heavy (non-hydrogen) atoms. The van der Waals surface area contributed by atoms with Gasteiger partial charge in [0.1, 0.15) is 34.8 Å². The summed E-state index contributed by atoms with van der Waals surface area (Å²) in [6, 6.07) is 14.5. The number of benzene rings is 3. The third-order valence-electron chi connectivity index (χ3n) is 6.63. The number of carbonyl (C=O) groups is 2. The second-order valence-corrected chi connectivity index (χ2v) is 9.80. The minimum absolute atomic E-state index is 0.0899. The maximum Gasteiger partial charge on any atom is 0.301 e. The number of carbonyl (C=O) groups excluding carboxylic acids is 2. The molecule has 1 unspecified atom stereocenters. The van der Waals surface area contributed by atoms with Crippen molar-refractivity contribution < 1.29 is 33.6 Å².